The summed E-state index contributed by atoms with van der Waals surface area (Å²) < 4.78 is 12.1. The second-order valence-electron chi connectivity index (χ2n) is 6.49. The van der Waals surface area contributed by atoms with Crippen molar-refractivity contribution < 1.29 is 9.47 Å². The molecule has 100 valence electrons. The molecule has 2 heteroatoms. The fourth-order valence-electron chi connectivity index (χ4n) is 3.21. The Hall–Kier alpha value is -0.0800. The van der Waals surface area contributed by atoms with E-state index < -0.39 is 0 Å². The third-order valence-electron chi connectivity index (χ3n) is 5.13. The van der Waals surface area contributed by atoms with Crippen molar-refractivity contribution in [1.29, 1.82) is 0 Å². The van der Waals surface area contributed by atoms with Gasteiger partial charge < -0.3 is 9.47 Å². The van der Waals surface area contributed by atoms with E-state index in [1.54, 1.807) is 0 Å². The Morgan fingerprint density at radius 3 is 2.29 bits per heavy atom. The van der Waals surface area contributed by atoms with Crippen LogP contribution >= 0.6 is 0 Å². The number of hydrogen-bond donors (Lipinski definition) is 0. The van der Waals surface area contributed by atoms with Crippen LogP contribution in [0.2, 0.25) is 0 Å². The van der Waals surface area contributed by atoms with E-state index in [1.807, 2.05) is 0 Å². The van der Waals surface area contributed by atoms with Gasteiger partial charge in [0.1, 0.15) is 0 Å². The molecular formula is C15H28O2. The molecule has 2 rings (SSSR count). The first-order valence-electron chi connectivity index (χ1n) is 7.33. The van der Waals surface area contributed by atoms with Gasteiger partial charge in [-0.05, 0) is 30.6 Å². The van der Waals surface area contributed by atoms with Crippen LogP contribution < -0.4 is 0 Å². The summed E-state index contributed by atoms with van der Waals surface area (Å²) in [4.78, 5) is 0. The van der Waals surface area contributed by atoms with E-state index >= 15 is 0 Å². The normalized spacial score (nSPS) is 38.8. The molecule has 1 aliphatic heterocycles. The van der Waals surface area contributed by atoms with E-state index in [2.05, 4.69) is 27.7 Å². The third-order valence-corrected chi connectivity index (χ3v) is 5.13. The lowest BCUT2D eigenvalue weighted by atomic mass is 9.68. The van der Waals surface area contributed by atoms with Crippen molar-refractivity contribution in [3.05, 3.63) is 0 Å². The van der Waals surface area contributed by atoms with Crippen LogP contribution in [0.5, 0.6) is 0 Å². The molecule has 1 atom stereocenters. The van der Waals surface area contributed by atoms with Crippen molar-refractivity contribution in [2.75, 3.05) is 6.61 Å². The van der Waals surface area contributed by atoms with Gasteiger partial charge in [0.25, 0.3) is 0 Å². The van der Waals surface area contributed by atoms with Crippen molar-refractivity contribution in [2.45, 2.75) is 78.1 Å². The minimum absolute atomic E-state index is 0.207. The minimum Gasteiger partial charge on any atom is -0.347 e. The molecule has 1 saturated heterocycles. The van der Waals surface area contributed by atoms with Crippen molar-refractivity contribution in [3.8, 4) is 0 Å². The Labute approximate surface area is 106 Å². The molecule has 17 heavy (non-hydrogen) atoms. The van der Waals surface area contributed by atoms with Gasteiger partial charge in [-0.25, -0.2) is 0 Å². The zero-order valence-corrected chi connectivity index (χ0v) is 11.9. The van der Waals surface area contributed by atoms with Crippen LogP contribution in [-0.4, -0.2) is 18.5 Å². The molecule has 0 radical (unpaired) electrons. The SMILES string of the molecule is CCC1COC2(CCC(C(C)(C)CC)CC2)O1. The third kappa shape index (κ3) is 2.68. The Morgan fingerprint density at radius 1 is 1.18 bits per heavy atom. The summed E-state index contributed by atoms with van der Waals surface area (Å²) in [6.45, 7) is 10.1. The summed E-state index contributed by atoms with van der Waals surface area (Å²) >= 11 is 0. The molecule has 1 aliphatic carbocycles. The Kier molecular flexibility index (Phi) is 3.84. The highest BCUT2D eigenvalue weighted by atomic mass is 16.7. The van der Waals surface area contributed by atoms with Crippen LogP contribution in [0.3, 0.4) is 0 Å². The molecule has 0 aromatic heterocycles. The summed E-state index contributed by atoms with van der Waals surface area (Å²) in [5, 5.41) is 0. The predicted octanol–water partition coefficient (Wildman–Crippen LogP) is 4.13. The standard InChI is InChI=1S/C15H28O2/c1-5-13-11-16-15(17-13)9-7-12(8-10-15)14(3,4)6-2/h12-13H,5-11H2,1-4H3. The molecule has 2 nitrogen and oxygen atoms in total. The molecule has 0 amide bonds. The summed E-state index contributed by atoms with van der Waals surface area (Å²) in [6, 6.07) is 0. The van der Waals surface area contributed by atoms with Crippen LogP contribution in [0.4, 0.5) is 0 Å². The lowest BCUT2D eigenvalue weighted by molar-refractivity contribution is -0.197. The quantitative estimate of drug-likeness (QED) is 0.738. The molecule has 1 spiro atoms. The van der Waals surface area contributed by atoms with Gasteiger partial charge in [-0.1, -0.05) is 34.1 Å². The van der Waals surface area contributed by atoms with Crippen molar-refractivity contribution >= 4 is 0 Å². The molecule has 0 N–H and O–H groups in total. The summed E-state index contributed by atoms with van der Waals surface area (Å²) in [5.74, 6) is 0.632. The van der Waals surface area contributed by atoms with Crippen LogP contribution in [0, 0.1) is 11.3 Å². The molecule has 1 unspecified atom stereocenters. The van der Waals surface area contributed by atoms with Gasteiger partial charge in [-0.15, -0.1) is 0 Å². The second kappa shape index (κ2) is 4.89. The van der Waals surface area contributed by atoms with Crippen LogP contribution in [0.15, 0.2) is 0 Å². The molecule has 2 aliphatic rings. The lowest BCUT2D eigenvalue weighted by Gasteiger charge is -2.42. The van der Waals surface area contributed by atoms with E-state index in [0.29, 0.717) is 11.5 Å². The average Bonchev–Trinajstić information content (AvgIpc) is 2.73. The molecular weight excluding hydrogens is 212 g/mol. The topological polar surface area (TPSA) is 18.5 Å². The average molecular weight is 240 g/mol. The zero-order valence-electron chi connectivity index (χ0n) is 11.9. The summed E-state index contributed by atoms with van der Waals surface area (Å²) in [5.41, 5.74) is 0.477. The first-order valence-corrected chi connectivity index (χ1v) is 7.33. The molecule has 0 bridgehead atoms. The minimum atomic E-state index is -0.207. The monoisotopic (exact) mass is 240 g/mol. The molecule has 1 heterocycles. The van der Waals surface area contributed by atoms with Gasteiger partial charge in [0.05, 0.1) is 12.7 Å². The zero-order chi connectivity index (χ0) is 12.5. The highest BCUT2D eigenvalue weighted by molar-refractivity contribution is 4.89. The van der Waals surface area contributed by atoms with Gasteiger partial charge >= 0.3 is 0 Å². The smallest absolute Gasteiger partial charge is 0.168 e. The predicted molar refractivity (Wildman–Crippen MR) is 69.9 cm³/mol. The fourth-order valence-corrected chi connectivity index (χ4v) is 3.21. The molecule has 0 aromatic rings. The van der Waals surface area contributed by atoms with Crippen LogP contribution in [0.1, 0.15) is 66.2 Å². The first-order chi connectivity index (χ1) is 8.01. The summed E-state index contributed by atoms with van der Waals surface area (Å²) in [7, 11) is 0. The van der Waals surface area contributed by atoms with Gasteiger partial charge in [-0.2, -0.15) is 0 Å². The van der Waals surface area contributed by atoms with E-state index in [-0.39, 0.29) is 5.79 Å². The van der Waals surface area contributed by atoms with Crippen molar-refractivity contribution in [1.82, 2.24) is 0 Å². The van der Waals surface area contributed by atoms with Crippen molar-refractivity contribution in [3.63, 3.8) is 0 Å². The van der Waals surface area contributed by atoms with Gasteiger partial charge in [0.2, 0.25) is 0 Å². The molecule has 2 fully saturated rings. The van der Waals surface area contributed by atoms with Crippen LogP contribution in [-0.2, 0) is 9.47 Å². The first kappa shape index (κ1) is 13.4. The van der Waals surface area contributed by atoms with E-state index in [9.17, 15) is 0 Å². The van der Waals surface area contributed by atoms with Gasteiger partial charge in [0, 0.05) is 12.8 Å². The second-order valence-corrected chi connectivity index (χ2v) is 6.49. The van der Waals surface area contributed by atoms with Gasteiger partial charge in [-0.3, -0.25) is 0 Å². The Balaban J connectivity index is 1.90. The maximum absolute atomic E-state index is 6.11. The Bertz CT molecular complexity index is 252. The number of hydrogen-bond acceptors (Lipinski definition) is 2. The Morgan fingerprint density at radius 2 is 1.82 bits per heavy atom. The van der Waals surface area contributed by atoms with Crippen LogP contribution in [0.25, 0.3) is 0 Å². The highest BCUT2D eigenvalue weighted by Gasteiger charge is 2.45. The van der Waals surface area contributed by atoms with E-state index in [4.69, 9.17) is 9.47 Å². The van der Waals surface area contributed by atoms with E-state index in [0.717, 1.165) is 31.8 Å². The maximum atomic E-state index is 6.11. The fraction of sp³-hybridized carbons (Fsp3) is 1.00. The largest absolute Gasteiger partial charge is 0.347 e. The number of rotatable bonds is 3. The van der Waals surface area contributed by atoms with Crippen molar-refractivity contribution in [2.24, 2.45) is 11.3 Å². The highest BCUT2D eigenvalue weighted by Crippen LogP contribution is 2.47. The molecule has 1 saturated carbocycles. The van der Waals surface area contributed by atoms with Gasteiger partial charge in [0.15, 0.2) is 5.79 Å². The van der Waals surface area contributed by atoms with E-state index in [1.165, 1.54) is 19.3 Å². The molecule has 0 aromatic carbocycles. The summed E-state index contributed by atoms with van der Waals surface area (Å²) in [6.07, 6.45) is 7.39. The number of ether oxygens (including phenoxy) is 2. The maximum Gasteiger partial charge on any atom is 0.168 e. The lowest BCUT2D eigenvalue weighted by Crippen LogP contribution is -2.39.